The van der Waals surface area contributed by atoms with Crippen LogP contribution in [0.1, 0.15) is 24.8 Å². The van der Waals surface area contributed by atoms with Gasteiger partial charge in [0.25, 0.3) is 0 Å². The number of halogens is 2. The molecule has 1 amide bonds. The Morgan fingerprint density at radius 1 is 1.27 bits per heavy atom. The molecule has 4 nitrogen and oxygen atoms in total. The van der Waals surface area contributed by atoms with Gasteiger partial charge in [-0.2, -0.15) is 0 Å². The lowest BCUT2D eigenvalue weighted by Gasteiger charge is -2.59. The van der Waals surface area contributed by atoms with E-state index in [1.807, 2.05) is 30.3 Å². The van der Waals surface area contributed by atoms with Crippen molar-refractivity contribution in [2.75, 3.05) is 6.54 Å². The topological polar surface area (TPSA) is 55.4 Å². The first-order chi connectivity index (χ1) is 10.4. The number of rotatable bonds is 4. The molecule has 2 aliphatic carbocycles. The Hall–Kier alpha value is -1.26. The van der Waals surface area contributed by atoms with Crippen molar-refractivity contribution in [2.45, 2.75) is 30.2 Å². The van der Waals surface area contributed by atoms with Gasteiger partial charge in [0.1, 0.15) is 6.61 Å². The Morgan fingerprint density at radius 2 is 1.95 bits per heavy atom. The second kappa shape index (κ2) is 5.74. The molecule has 6 heteroatoms. The molecular formula is C16H17Cl2NO3. The summed E-state index contributed by atoms with van der Waals surface area (Å²) >= 11 is 12.1. The van der Waals surface area contributed by atoms with Crippen molar-refractivity contribution in [2.24, 2.45) is 11.3 Å². The average molecular weight is 342 g/mol. The molecule has 0 unspecified atom stereocenters. The van der Waals surface area contributed by atoms with Gasteiger partial charge in [0, 0.05) is 18.4 Å². The molecular weight excluding hydrogens is 325 g/mol. The first-order valence-electron chi connectivity index (χ1n) is 7.29. The molecule has 1 aromatic rings. The SMILES string of the molecule is O=C(NCC1CC2(CC(=O)C2(Cl)Cl)C1)OCc1ccccc1. The van der Waals surface area contributed by atoms with E-state index in [9.17, 15) is 9.59 Å². The third kappa shape index (κ3) is 2.70. The number of benzene rings is 1. The second-order valence-electron chi connectivity index (χ2n) is 6.17. The molecule has 2 saturated carbocycles. The summed E-state index contributed by atoms with van der Waals surface area (Å²) < 4.78 is 3.92. The Bertz CT molecular complexity index is 582. The predicted octanol–water partition coefficient (Wildman–Crippen LogP) is 3.46. The predicted molar refractivity (Wildman–Crippen MR) is 83.8 cm³/mol. The summed E-state index contributed by atoms with van der Waals surface area (Å²) in [5, 5.41) is 2.75. The van der Waals surface area contributed by atoms with Gasteiger partial charge in [-0.05, 0) is 24.3 Å². The summed E-state index contributed by atoms with van der Waals surface area (Å²) in [6, 6.07) is 9.51. The molecule has 0 radical (unpaired) electrons. The van der Waals surface area contributed by atoms with Crippen molar-refractivity contribution in [1.29, 1.82) is 0 Å². The van der Waals surface area contributed by atoms with E-state index in [1.54, 1.807) is 0 Å². The number of carbonyl (C=O) groups is 2. The monoisotopic (exact) mass is 341 g/mol. The van der Waals surface area contributed by atoms with Gasteiger partial charge in [0.15, 0.2) is 10.1 Å². The largest absolute Gasteiger partial charge is 0.445 e. The maximum absolute atomic E-state index is 11.6. The van der Waals surface area contributed by atoms with E-state index in [2.05, 4.69) is 5.32 Å². The number of Topliss-reactive ketones (excluding diaryl/α,β-unsaturated/α-hetero) is 1. The fourth-order valence-corrected chi connectivity index (χ4v) is 3.89. The van der Waals surface area contributed by atoms with Gasteiger partial charge in [-0.15, -0.1) is 0 Å². The van der Waals surface area contributed by atoms with Gasteiger partial charge in [-0.1, -0.05) is 53.5 Å². The van der Waals surface area contributed by atoms with Crippen molar-refractivity contribution < 1.29 is 14.3 Å². The molecule has 22 heavy (non-hydrogen) atoms. The maximum atomic E-state index is 11.6. The van der Waals surface area contributed by atoms with Crippen molar-refractivity contribution >= 4 is 35.1 Å². The zero-order valence-corrected chi connectivity index (χ0v) is 13.5. The van der Waals surface area contributed by atoms with Crippen molar-refractivity contribution in [3.63, 3.8) is 0 Å². The van der Waals surface area contributed by atoms with Gasteiger partial charge in [-0.25, -0.2) is 4.79 Å². The summed E-state index contributed by atoms with van der Waals surface area (Å²) in [5.74, 6) is 0.207. The molecule has 0 heterocycles. The molecule has 1 spiro atoms. The van der Waals surface area contributed by atoms with Crippen LogP contribution in [-0.2, 0) is 16.1 Å². The molecule has 0 saturated heterocycles. The number of alkyl carbamates (subject to hydrolysis) is 1. The van der Waals surface area contributed by atoms with Crippen LogP contribution in [0, 0.1) is 11.3 Å². The Morgan fingerprint density at radius 3 is 2.55 bits per heavy atom. The molecule has 118 valence electrons. The number of nitrogens with one attached hydrogen (secondary N) is 1. The number of ketones is 1. The van der Waals surface area contributed by atoms with E-state index in [4.69, 9.17) is 27.9 Å². The van der Waals surface area contributed by atoms with E-state index >= 15 is 0 Å². The highest BCUT2D eigenvalue weighted by molar-refractivity contribution is 6.61. The Labute approximate surface area is 139 Å². The summed E-state index contributed by atoms with van der Waals surface area (Å²) in [4.78, 5) is 23.0. The minimum absolute atomic E-state index is 0.0930. The second-order valence-corrected chi connectivity index (χ2v) is 7.50. The molecule has 2 fully saturated rings. The van der Waals surface area contributed by atoms with Gasteiger partial charge in [0.2, 0.25) is 0 Å². The summed E-state index contributed by atoms with van der Waals surface area (Å²) in [6.07, 6.45) is 1.56. The van der Waals surface area contributed by atoms with Gasteiger partial charge >= 0.3 is 6.09 Å². The minimum Gasteiger partial charge on any atom is -0.445 e. The summed E-state index contributed by atoms with van der Waals surface area (Å²) in [7, 11) is 0. The van der Waals surface area contributed by atoms with Crippen LogP contribution < -0.4 is 5.32 Å². The van der Waals surface area contributed by atoms with Gasteiger partial charge in [0.05, 0.1) is 0 Å². The van der Waals surface area contributed by atoms with Crippen LogP contribution in [-0.4, -0.2) is 22.8 Å². The molecule has 2 aliphatic rings. The minimum atomic E-state index is -1.22. The first-order valence-corrected chi connectivity index (χ1v) is 8.04. The molecule has 0 aliphatic heterocycles. The fourth-order valence-electron chi connectivity index (χ4n) is 3.31. The van der Waals surface area contributed by atoms with E-state index in [-0.39, 0.29) is 17.8 Å². The molecule has 0 aromatic heterocycles. The zero-order chi connectivity index (χ0) is 15.8. The van der Waals surface area contributed by atoms with E-state index < -0.39 is 10.4 Å². The van der Waals surface area contributed by atoms with Crippen LogP contribution in [0.15, 0.2) is 30.3 Å². The summed E-state index contributed by atoms with van der Waals surface area (Å²) in [6.45, 7) is 0.773. The highest BCUT2D eigenvalue weighted by Crippen LogP contribution is 2.66. The number of alkyl halides is 2. The third-order valence-corrected chi connectivity index (χ3v) is 5.85. The average Bonchev–Trinajstić information content (AvgIpc) is 2.48. The number of hydrogen-bond donors (Lipinski definition) is 1. The van der Waals surface area contributed by atoms with Crippen LogP contribution in [0.4, 0.5) is 4.79 Å². The number of amides is 1. The van der Waals surface area contributed by atoms with E-state index in [0.717, 1.165) is 18.4 Å². The molecule has 1 N–H and O–H groups in total. The molecule has 0 bridgehead atoms. The van der Waals surface area contributed by atoms with Crippen LogP contribution in [0.5, 0.6) is 0 Å². The standard InChI is InChI=1S/C16H17Cl2NO3/c17-16(18)13(20)8-15(16)6-12(7-15)9-19-14(21)22-10-11-4-2-1-3-5-11/h1-5,12H,6-10H2,(H,19,21). The van der Waals surface area contributed by atoms with Crippen LogP contribution in [0.3, 0.4) is 0 Å². The third-order valence-electron chi connectivity index (χ3n) is 4.62. The van der Waals surface area contributed by atoms with Gasteiger partial charge < -0.3 is 10.1 Å². The van der Waals surface area contributed by atoms with E-state index in [0.29, 0.717) is 18.9 Å². The first kappa shape index (κ1) is 15.6. The highest BCUT2D eigenvalue weighted by Gasteiger charge is 2.68. The highest BCUT2D eigenvalue weighted by atomic mass is 35.5. The molecule has 3 rings (SSSR count). The number of hydrogen-bond acceptors (Lipinski definition) is 3. The Balaban J connectivity index is 1.36. The van der Waals surface area contributed by atoms with Gasteiger partial charge in [-0.3, -0.25) is 4.79 Å². The Kier molecular flexibility index (Phi) is 4.08. The number of ether oxygens (including phenoxy) is 1. The smallest absolute Gasteiger partial charge is 0.407 e. The van der Waals surface area contributed by atoms with Crippen molar-refractivity contribution in [3.05, 3.63) is 35.9 Å². The molecule has 0 atom stereocenters. The normalized spacial score (nSPS) is 28.6. The molecule has 1 aromatic carbocycles. The fraction of sp³-hybridized carbons (Fsp3) is 0.500. The number of carbonyl (C=O) groups excluding carboxylic acids is 2. The van der Waals surface area contributed by atoms with Crippen molar-refractivity contribution in [3.8, 4) is 0 Å². The van der Waals surface area contributed by atoms with Crippen LogP contribution in [0.2, 0.25) is 0 Å². The quantitative estimate of drug-likeness (QED) is 0.853. The summed E-state index contributed by atoms with van der Waals surface area (Å²) in [5.41, 5.74) is 0.676. The zero-order valence-electron chi connectivity index (χ0n) is 12.0. The lowest BCUT2D eigenvalue weighted by atomic mass is 9.50. The lowest BCUT2D eigenvalue weighted by Crippen LogP contribution is -2.64. The van der Waals surface area contributed by atoms with Crippen LogP contribution >= 0.6 is 23.2 Å². The van der Waals surface area contributed by atoms with Crippen LogP contribution in [0.25, 0.3) is 0 Å². The maximum Gasteiger partial charge on any atom is 0.407 e. The van der Waals surface area contributed by atoms with E-state index in [1.165, 1.54) is 0 Å². The lowest BCUT2D eigenvalue weighted by molar-refractivity contribution is -0.144. The van der Waals surface area contributed by atoms with Crippen molar-refractivity contribution in [1.82, 2.24) is 5.32 Å².